The molecule has 0 fully saturated rings. The summed E-state index contributed by atoms with van der Waals surface area (Å²) in [6.45, 7) is 5.86. The van der Waals surface area contributed by atoms with Gasteiger partial charge in [-0.15, -0.1) is 0 Å². The monoisotopic (exact) mass is 295 g/mol. The van der Waals surface area contributed by atoms with Crippen molar-refractivity contribution in [2.24, 2.45) is 0 Å². The van der Waals surface area contributed by atoms with Crippen LogP contribution >= 0.6 is 0 Å². The lowest BCUT2D eigenvalue weighted by molar-refractivity contribution is 0.0527. The number of carbonyl (C=O) groups excluding carboxylic acids is 2. The number of benzene rings is 1. The van der Waals surface area contributed by atoms with Gasteiger partial charge in [0.2, 0.25) is 0 Å². The zero-order valence-corrected chi connectivity index (χ0v) is 12.7. The molecule has 116 valence electrons. The molecule has 1 rings (SSSR count). The average Bonchev–Trinajstić information content (AvgIpc) is 2.36. The van der Waals surface area contributed by atoms with Crippen LogP contribution in [0.3, 0.4) is 0 Å². The number of rotatable bonds is 6. The van der Waals surface area contributed by atoms with E-state index in [1.807, 2.05) is 0 Å². The van der Waals surface area contributed by atoms with Gasteiger partial charge in [-0.05, 0) is 57.9 Å². The maximum absolute atomic E-state index is 12.7. The van der Waals surface area contributed by atoms with Crippen molar-refractivity contribution < 1.29 is 18.7 Å². The topological polar surface area (TPSA) is 55.4 Å². The van der Waals surface area contributed by atoms with Crippen LogP contribution in [0.25, 0.3) is 0 Å². The van der Waals surface area contributed by atoms with Gasteiger partial charge in [0.25, 0.3) is 0 Å². The van der Waals surface area contributed by atoms with E-state index in [1.54, 1.807) is 20.8 Å². The predicted molar refractivity (Wildman–Crippen MR) is 78.8 cm³/mol. The molecule has 1 amide bonds. The molecule has 4 nitrogen and oxygen atoms in total. The highest BCUT2D eigenvalue weighted by Gasteiger charge is 2.15. The molecule has 1 N–H and O–H groups in total. The van der Waals surface area contributed by atoms with Gasteiger partial charge in [0, 0.05) is 18.5 Å². The van der Waals surface area contributed by atoms with Crippen molar-refractivity contribution >= 4 is 11.9 Å². The van der Waals surface area contributed by atoms with Crippen molar-refractivity contribution in [1.82, 2.24) is 5.32 Å². The Morgan fingerprint density at radius 2 is 1.76 bits per heavy atom. The summed E-state index contributed by atoms with van der Waals surface area (Å²) in [5.74, 6) is -0.375. The van der Waals surface area contributed by atoms with Gasteiger partial charge >= 0.3 is 6.09 Å². The lowest BCUT2D eigenvalue weighted by Gasteiger charge is -2.19. The number of hydrogen-bond acceptors (Lipinski definition) is 3. The van der Waals surface area contributed by atoms with Gasteiger partial charge in [-0.2, -0.15) is 0 Å². The summed E-state index contributed by atoms with van der Waals surface area (Å²) in [6, 6.07) is 5.52. The first-order valence-corrected chi connectivity index (χ1v) is 7.03. The molecule has 1 aromatic carbocycles. The maximum atomic E-state index is 12.7. The van der Waals surface area contributed by atoms with Crippen LogP contribution in [-0.4, -0.2) is 24.0 Å². The molecule has 0 bridgehead atoms. The van der Waals surface area contributed by atoms with E-state index in [2.05, 4.69) is 5.32 Å². The Bertz CT molecular complexity index is 477. The van der Waals surface area contributed by atoms with E-state index >= 15 is 0 Å². The van der Waals surface area contributed by atoms with Gasteiger partial charge in [0.05, 0.1) is 0 Å². The molecule has 0 aliphatic rings. The minimum Gasteiger partial charge on any atom is -0.444 e. The van der Waals surface area contributed by atoms with Crippen molar-refractivity contribution in [3.63, 3.8) is 0 Å². The van der Waals surface area contributed by atoms with Gasteiger partial charge in [-0.3, -0.25) is 4.79 Å². The maximum Gasteiger partial charge on any atom is 0.407 e. The second kappa shape index (κ2) is 7.76. The zero-order chi connectivity index (χ0) is 15.9. The Hall–Kier alpha value is -1.91. The Kier molecular flexibility index (Phi) is 6.34. The first kappa shape index (κ1) is 17.1. The van der Waals surface area contributed by atoms with Crippen molar-refractivity contribution in [3.05, 3.63) is 35.6 Å². The summed E-state index contributed by atoms with van der Waals surface area (Å²) in [4.78, 5) is 23.2. The molecule has 1 aromatic rings. The number of alkyl carbamates (subject to hydrolysis) is 1. The second-order valence-electron chi connectivity index (χ2n) is 5.82. The fraction of sp³-hybridized carbons (Fsp3) is 0.500. The lowest BCUT2D eigenvalue weighted by Crippen LogP contribution is -2.33. The number of unbranched alkanes of at least 4 members (excludes halogenated alkanes) is 1. The molecule has 0 unspecified atom stereocenters. The van der Waals surface area contributed by atoms with Crippen LogP contribution in [0.4, 0.5) is 9.18 Å². The molecule has 5 heteroatoms. The van der Waals surface area contributed by atoms with Crippen LogP contribution in [0.5, 0.6) is 0 Å². The minimum atomic E-state index is -0.511. The summed E-state index contributed by atoms with van der Waals surface area (Å²) in [5.41, 5.74) is -0.000628. The number of carbonyl (C=O) groups is 2. The zero-order valence-electron chi connectivity index (χ0n) is 12.7. The van der Waals surface area contributed by atoms with E-state index in [-0.39, 0.29) is 11.6 Å². The van der Waals surface area contributed by atoms with Crippen LogP contribution < -0.4 is 5.32 Å². The van der Waals surface area contributed by atoms with Gasteiger partial charge in [-0.25, -0.2) is 9.18 Å². The molecule has 0 aromatic heterocycles. The molecule has 0 atom stereocenters. The molecular weight excluding hydrogens is 273 g/mol. The first-order valence-electron chi connectivity index (χ1n) is 7.03. The van der Waals surface area contributed by atoms with Gasteiger partial charge in [0.15, 0.2) is 5.78 Å². The summed E-state index contributed by atoms with van der Waals surface area (Å²) in [5, 5.41) is 2.64. The number of halogens is 1. The Labute approximate surface area is 124 Å². The summed E-state index contributed by atoms with van der Waals surface area (Å²) in [7, 11) is 0. The Morgan fingerprint density at radius 1 is 1.14 bits per heavy atom. The smallest absolute Gasteiger partial charge is 0.407 e. The molecule has 0 saturated carbocycles. The Morgan fingerprint density at radius 3 is 2.33 bits per heavy atom. The van der Waals surface area contributed by atoms with Crippen molar-refractivity contribution in [3.8, 4) is 0 Å². The molecule has 0 heterocycles. The van der Waals surface area contributed by atoms with Crippen molar-refractivity contribution in [2.75, 3.05) is 6.54 Å². The van der Waals surface area contributed by atoms with Crippen molar-refractivity contribution in [1.29, 1.82) is 0 Å². The standard InChI is InChI=1S/C16H22FNO3/c1-16(2,3)21-15(20)18-11-5-4-6-14(19)12-7-9-13(17)10-8-12/h7-10H,4-6,11H2,1-3H3,(H,18,20). The highest BCUT2D eigenvalue weighted by atomic mass is 19.1. The van der Waals surface area contributed by atoms with E-state index in [9.17, 15) is 14.0 Å². The van der Waals surface area contributed by atoms with E-state index in [4.69, 9.17) is 4.74 Å². The largest absolute Gasteiger partial charge is 0.444 e. The highest BCUT2D eigenvalue weighted by molar-refractivity contribution is 5.95. The van der Waals surface area contributed by atoms with Gasteiger partial charge < -0.3 is 10.1 Å². The first-order chi connectivity index (χ1) is 9.78. The number of Topliss-reactive ketones (excluding diaryl/α,β-unsaturated/α-hetero) is 1. The van der Waals surface area contributed by atoms with Crippen LogP contribution in [0, 0.1) is 5.82 Å². The van der Waals surface area contributed by atoms with Gasteiger partial charge in [-0.1, -0.05) is 0 Å². The second-order valence-corrected chi connectivity index (χ2v) is 5.82. The lowest BCUT2D eigenvalue weighted by atomic mass is 10.1. The highest BCUT2D eigenvalue weighted by Crippen LogP contribution is 2.09. The minimum absolute atomic E-state index is 0.0210. The number of ether oxygens (including phenoxy) is 1. The number of amides is 1. The average molecular weight is 295 g/mol. The summed E-state index contributed by atoms with van der Waals surface area (Å²) >= 11 is 0. The van der Waals surface area contributed by atoms with Crippen LogP contribution in [-0.2, 0) is 4.74 Å². The summed E-state index contributed by atoms with van der Waals surface area (Å²) in [6.07, 6.45) is 1.27. The normalized spacial score (nSPS) is 11.0. The van der Waals surface area contributed by atoms with E-state index in [0.29, 0.717) is 31.4 Å². The third-order valence-corrected chi connectivity index (χ3v) is 2.67. The number of hydrogen-bond donors (Lipinski definition) is 1. The third-order valence-electron chi connectivity index (χ3n) is 2.67. The third kappa shape index (κ3) is 7.44. The summed E-state index contributed by atoms with van der Waals surface area (Å²) < 4.78 is 17.8. The fourth-order valence-corrected chi connectivity index (χ4v) is 1.70. The predicted octanol–water partition coefficient (Wildman–Crippen LogP) is 3.70. The quantitative estimate of drug-likeness (QED) is 0.643. The molecule has 21 heavy (non-hydrogen) atoms. The van der Waals surface area contributed by atoms with Crippen LogP contribution in [0.15, 0.2) is 24.3 Å². The molecule has 0 saturated heterocycles. The number of ketones is 1. The number of nitrogens with one attached hydrogen (secondary N) is 1. The van der Waals surface area contributed by atoms with E-state index < -0.39 is 11.7 Å². The molecular formula is C16H22FNO3. The van der Waals surface area contributed by atoms with Crippen molar-refractivity contribution in [2.45, 2.75) is 45.6 Å². The molecule has 0 spiro atoms. The van der Waals surface area contributed by atoms with Gasteiger partial charge in [0.1, 0.15) is 11.4 Å². The molecule has 0 radical (unpaired) electrons. The fourth-order valence-electron chi connectivity index (χ4n) is 1.70. The van der Waals surface area contributed by atoms with E-state index in [0.717, 1.165) is 0 Å². The SMILES string of the molecule is CC(C)(C)OC(=O)NCCCCC(=O)c1ccc(F)cc1. The van der Waals surface area contributed by atoms with E-state index in [1.165, 1.54) is 24.3 Å². The molecule has 0 aliphatic carbocycles. The van der Waals surface area contributed by atoms with Crippen LogP contribution in [0.2, 0.25) is 0 Å². The molecule has 0 aliphatic heterocycles. The Balaban J connectivity index is 2.18. The van der Waals surface area contributed by atoms with Crippen LogP contribution in [0.1, 0.15) is 50.4 Å².